The molecule has 8 nitrogen and oxygen atoms in total. The second kappa shape index (κ2) is 19.3. The van der Waals surface area contributed by atoms with E-state index in [0.717, 1.165) is 36.1 Å². The topological polar surface area (TPSA) is 81.7 Å². The molecule has 3 saturated heterocycles. The third-order valence-electron chi connectivity index (χ3n) is 12.5. The summed E-state index contributed by atoms with van der Waals surface area (Å²) in [5.74, 6) is 0.127. The summed E-state index contributed by atoms with van der Waals surface area (Å²) < 4.78 is 48.3. The average Bonchev–Trinajstić information content (AvgIpc) is 3.40. The SMILES string of the molecule is CC[Si](CC)(O[C@@H]1CO[Si](C(C)(C)C)(C(C)(C)C)O[C@H]1C[C@H]1O[C@H]2CC[C@@H](OCc3ccccc3)[C@H](CCOCc3ccccc3)O[C@@H]2CCC1=O)C(C)C. The van der Waals surface area contributed by atoms with E-state index in [-0.39, 0.29) is 52.5 Å². The average molecular weight is 797 g/mol. The molecule has 0 spiro atoms. The maximum absolute atomic E-state index is 14.1. The standard InChI is InChI=1S/C45H72O8Si2/c1-11-54(12-2,33(3)4)52-43-32-49-55(44(5,6)7,45(8,9)10)53-42(43)29-41-36(46)23-24-38-39(51-41)26-25-37(48-31-35-21-17-14-18-22-35)40(50-38)27-28-47-30-34-19-15-13-16-20-34/h13-22,33,37-43H,11-12,23-32H2,1-10H3/t37-,38-,39+,40+,41-,42+,43-/m1/s1. The Morgan fingerprint density at radius 2 is 1.38 bits per heavy atom. The van der Waals surface area contributed by atoms with Crippen molar-refractivity contribution in [3.63, 3.8) is 0 Å². The number of ether oxygens (including phenoxy) is 4. The molecule has 0 radical (unpaired) electrons. The predicted octanol–water partition coefficient (Wildman–Crippen LogP) is 10.5. The van der Waals surface area contributed by atoms with E-state index < -0.39 is 23.0 Å². The van der Waals surface area contributed by atoms with Gasteiger partial charge in [0.1, 0.15) is 6.10 Å². The molecule has 0 aromatic heterocycles. The van der Waals surface area contributed by atoms with E-state index in [1.165, 1.54) is 0 Å². The normalized spacial score (nSPS) is 28.1. The van der Waals surface area contributed by atoms with Gasteiger partial charge in [0.15, 0.2) is 14.1 Å². The molecule has 0 amide bonds. The Bertz CT molecular complexity index is 1440. The lowest BCUT2D eigenvalue weighted by molar-refractivity contribution is -0.152. The van der Waals surface area contributed by atoms with Gasteiger partial charge in [-0.05, 0) is 54.4 Å². The Labute approximate surface area is 335 Å². The second-order valence-electron chi connectivity index (χ2n) is 18.5. The van der Waals surface area contributed by atoms with Gasteiger partial charge < -0.3 is 32.2 Å². The van der Waals surface area contributed by atoms with Crippen molar-refractivity contribution in [1.82, 2.24) is 0 Å². The molecule has 5 rings (SSSR count). The molecular weight excluding hydrogens is 725 g/mol. The third-order valence-corrected chi connectivity index (χ3v) is 22.9. The number of carbonyl (C=O) groups excluding carboxylic acids is 1. The fourth-order valence-corrected chi connectivity index (χ4v) is 17.9. The fourth-order valence-electron chi connectivity index (χ4n) is 9.35. The lowest BCUT2D eigenvalue weighted by atomic mass is 10.0. The highest BCUT2D eigenvalue weighted by Gasteiger charge is 2.62. The van der Waals surface area contributed by atoms with Crippen LogP contribution in [0.3, 0.4) is 0 Å². The van der Waals surface area contributed by atoms with Crippen molar-refractivity contribution in [2.75, 3.05) is 13.2 Å². The summed E-state index contributed by atoms with van der Waals surface area (Å²) in [7, 11) is -4.96. The van der Waals surface area contributed by atoms with Gasteiger partial charge in [-0.15, -0.1) is 0 Å². The minimum Gasteiger partial charge on any atom is -0.409 e. The molecule has 0 N–H and O–H groups in total. The van der Waals surface area contributed by atoms with Crippen LogP contribution < -0.4 is 0 Å². The first-order chi connectivity index (χ1) is 26.1. The van der Waals surface area contributed by atoms with Gasteiger partial charge in [-0.25, -0.2) is 0 Å². The monoisotopic (exact) mass is 796 g/mol. The van der Waals surface area contributed by atoms with Crippen molar-refractivity contribution in [3.8, 4) is 0 Å². The number of hydrogen-bond donors (Lipinski definition) is 0. The number of Topliss-reactive ketones (excluding diaryl/α,β-unsaturated/α-hetero) is 1. The van der Waals surface area contributed by atoms with E-state index in [9.17, 15) is 4.79 Å². The van der Waals surface area contributed by atoms with Crippen LogP contribution in [-0.2, 0) is 50.2 Å². The smallest absolute Gasteiger partial charge is 0.349 e. The second-order valence-corrected chi connectivity index (χ2v) is 28.2. The van der Waals surface area contributed by atoms with Crippen LogP contribution in [0.25, 0.3) is 0 Å². The van der Waals surface area contributed by atoms with Gasteiger partial charge in [0.25, 0.3) is 0 Å². The summed E-state index contributed by atoms with van der Waals surface area (Å²) >= 11 is 0. The molecule has 3 fully saturated rings. The van der Waals surface area contributed by atoms with E-state index in [0.29, 0.717) is 57.7 Å². The van der Waals surface area contributed by atoms with Crippen LogP contribution in [0.5, 0.6) is 0 Å². The van der Waals surface area contributed by atoms with Crippen LogP contribution in [0.1, 0.15) is 119 Å². The van der Waals surface area contributed by atoms with E-state index in [4.69, 9.17) is 32.2 Å². The summed E-state index contributed by atoms with van der Waals surface area (Å²) in [6.07, 6.45) is 1.81. The Morgan fingerprint density at radius 1 is 0.782 bits per heavy atom. The van der Waals surface area contributed by atoms with Crippen LogP contribution in [0, 0.1) is 0 Å². The number of rotatable bonds is 15. The summed E-state index contributed by atoms with van der Waals surface area (Å²) in [4.78, 5) is 14.1. The van der Waals surface area contributed by atoms with Crippen LogP contribution in [0.4, 0.5) is 0 Å². The molecular formula is C45H72O8Si2. The summed E-state index contributed by atoms with van der Waals surface area (Å²) in [5.41, 5.74) is 2.73. The van der Waals surface area contributed by atoms with Gasteiger partial charge in [-0.2, -0.15) is 0 Å². The zero-order valence-electron chi connectivity index (χ0n) is 35.6. The Kier molecular flexibility index (Phi) is 15.6. The Morgan fingerprint density at radius 3 is 1.96 bits per heavy atom. The quantitative estimate of drug-likeness (QED) is 0.130. The van der Waals surface area contributed by atoms with Gasteiger partial charge in [-0.3, -0.25) is 4.79 Å². The molecule has 2 aromatic carbocycles. The van der Waals surface area contributed by atoms with Crippen molar-refractivity contribution in [2.24, 2.45) is 0 Å². The summed E-state index contributed by atoms with van der Waals surface area (Å²) in [6, 6.07) is 22.6. The number of carbonyl (C=O) groups is 1. The van der Waals surface area contributed by atoms with Crippen LogP contribution in [-0.4, -0.2) is 78.6 Å². The van der Waals surface area contributed by atoms with E-state index in [1.54, 1.807) is 0 Å². The number of fused-ring (bicyclic) bond motifs is 1. The highest BCUT2D eigenvalue weighted by atomic mass is 28.4. The molecule has 7 atom stereocenters. The van der Waals surface area contributed by atoms with Gasteiger partial charge in [0.2, 0.25) is 0 Å². The lowest BCUT2D eigenvalue weighted by Crippen LogP contribution is -2.66. The summed E-state index contributed by atoms with van der Waals surface area (Å²) in [5, 5.41) is -0.390. The first kappa shape index (κ1) is 44.4. The van der Waals surface area contributed by atoms with Gasteiger partial charge >= 0.3 is 8.56 Å². The first-order valence-electron chi connectivity index (χ1n) is 21.2. The zero-order chi connectivity index (χ0) is 39.9. The number of ketones is 1. The fraction of sp³-hybridized carbons (Fsp3) is 0.711. The van der Waals surface area contributed by atoms with Crippen molar-refractivity contribution in [3.05, 3.63) is 71.8 Å². The van der Waals surface area contributed by atoms with Gasteiger partial charge in [0, 0.05) is 29.5 Å². The maximum atomic E-state index is 14.1. The maximum Gasteiger partial charge on any atom is 0.349 e. The highest BCUT2D eigenvalue weighted by Crippen LogP contribution is 2.55. The predicted molar refractivity (Wildman–Crippen MR) is 224 cm³/mol. The Balaban J connectivity index is 1.35. The molecule has 2 aromatic rings. The van der Waals surface area contributed by atoms with Crippen LogP contribution in [0.2, 0.25) is 27.7 Å². The highest BCUT2D eigenvalue weighted by molar-refractivity contribution is 6.75. The lowest BCUT2D eigenvalue weighted by Gasteiger charge is -2.56. The molecule has 0 unspecified atom stereocenters. The largest absolute Gasteiger partial charge is 0.409 e. The third kappa shape index (κ3) is 10.9. The first-order valence-corrected chi connectivity index (χ1v) is 25.4. The molecule has 3 aliphatic heterocycles. The van der Waals surface area contributed by atoms with Gasteiger partial charge in [-0.1, -0.05) is 130 Å². The molecule has 0 bridgehead atoms. The van der Waals surface area contributed by atoms with E-state index >= 15 is 0 Å². The molecule has 3 heterocycles. The molecule has 0 saturated carbocycles. The van der Waals surface area contributed by atoms with Crippen molar-refractivity contribution < 1.29 is 37.0 Å². The molecule has 55 heavy (non-hydrogen) atoms. The van der Waals surface area contributed by atoms with Crippen LogP contribution in [0.15, 0.2) is 60.7 Å². The van der Waals surface area contributed by atoms with Crippen molar-refractivity contribution in [2.45, 2.75) is 191 Å². The van der Waals surface area contributed by atoms with Crippen LogP contribution >= 0.6 is 0 Å². The van der Waals surface area contributed by atoms with E-state index in [1.807, 2.05) is 36.4 Å². The number of benzene rings is 2. The molecule has 3 aliphatic rings. The van der Waals surface area contributed by atoms with E-state index in [2.05, 4.69) is 93.5 Å². The Hall–Kier alpha value is -1.74. The zero-order valence-corrected chi connectivity index (χ0v) is 37.6. The minimum absolute atomic E-state index is 0.121. The summed E-state index contributed by atoms with van der Waals surface area (Å²) in [6.45, 7) is 24.7. The van der Waals surface area contributed by atoms with Crippen molar-refractivity contribution in [1.29, 1.82) is 0 Å². The molecule has 308 valence electrons. The minimum atomic E-state index is -2.85. The van der Waals surface area contributed by atoms with Crippen molar-refractivity contribution >= 4 is 22.7 Å². The van der Waals surface area contributed by atoms with Gasteiger partial charge in [0.05, 0.1) is 56.4 Å². The molecule has 10 heteroatoms. The molecule has 0 aliphatic carbocycles. The number of hydrogen-bond acceptors (Lipinski definition) is 8.